The minimum Gasteiger partial charge on any atom is -0.481 e. The fourth-order valence-corrected chi connectivity index (χ4v) is 2.50. The van der Waals surface area contributed by atoms with Crippen LogP contribution in [0.4, 0.5) is 0 Å². The lowest BCUT2D eigenvalue weighted by Crippen LogP contribution is -2.33. The number of ether oxygens (including phenoxy) is 1. The van der Waals surface area contributed by atoms with Crippen LogP contribution >= 0.6 is 0 Å². The van der Waals surface area contributed by atoms with Gasteiger partial charge in [0.15, 0.2) is 0 Å². The zero-order valence-electron chi connectivity index (χ0n) is 13.2. The third kappa shape index (κ3) is 3.26. The van der Waals surface area contributed by atoms with Crippen LogP contribution in [-0.4, -0.2) is 22.6 Å². The van der Waals surface area contributed by atoms with E-state index in [9.17, 15) is 9.59 Å². The number of carbonyl (C=O) groups is 1. The summed E-state index contributed by atoms with van der Waals surface area (Å²) in [6.07, 6.45) is 5.40. The third-order valence-corrected chi connectivity index (χ3v) is 3.96. The molecule has 2 aromatic heterocycles. The fourth-order valence-electron chi connectivity index (χ4n) is 2.50. The molecule has 0 bridgehead atoms. The third-order valence-electron chi connectivity index (χ3n) is 3.96. The van der Waals surface area contributed by atoms with Gasteiger partial charge in [-0.1, -0.05) is 0 Å². The van der Waals surface area contributed by atoms with Crippen LogP contribution in [0.2, 0.25) is 0 Å². The van der Waals surface area contributed by atoms with Crippen molar-refractivity contribution in [3.8, 4) is 5.88 Å². The number of pyridine rings is 2. The Bertz CT molecular complexity index is 794. The summed E-state index contributed by atoms with van der Waals surface area (Å²) in [5, 5.41) is 2.80. The number of rotatable bonds is 5. The van der Waals surface area contributed by atoms with Gasteiger partial charge >= 0.3 is 0 Å². The van der Waals surface area contributed by atoms with E-state index in [4.69, 9.17) is 4.74 Å². The van der Waals surface area contributed by atoms with E-state index in [1.165, 1.54) is 0 Å². The molecule has 6 nitrogen and oxygen atoms in total. The first kappa shape index (κ1) is 15.3. The van der Waals surface area contributed by atoms with Crippen molar-refractivity contribution in [3.05, 3.63) is 57.6 Å². The average Bonchev–Trinajstić information content (AvgIpc) is 3.38. The number of hydrogen-bond donors (Lipinski definition) is 1. The Kier molecular flexibility index (Phi) is 4.14. The van der Waals surface area contributed by atoms with E-state index in [0.717, 1.165) is 18.4 Å². The van der Waals surface area contributed by atoms with Gasteiger partial charge in [0.05, 0.1) is 7.11 Å². The first-order chi connectivity index (χ1) is 11.1. The maximum atomic E-state index is 12.5. The maximum Gasteiger partial charge on any atom is 0.263 e. The van der Waals surface area contributed by atoms with Crippen LogP contribution in [0.5, 0.6) is 5.88 Å². The van der Waals surface area contributed by atoms with E-state index in [-0.39, 0.29) is 23.1 Å². The lowest BCUT2D eigenvalue weighted by Gasteiger charge is -2.11. The largest absolute Gasteiger partial charge is 0.481 e. The van der Waals surface area contributed by atoms with Gasteiger partial charge in [-0.2, -0.15) is 0 Å². The fraction of sp³-hybridized carbons (Fsp3) is 0.353. The molecule has 0 saturated heterocycles. The molecule has 0 aliphatic heterocycles. The molecule has 23 heavy (non-hydrogen) atoms. The second-order valence-corrected chi connectivity index (χ2v) is 5.71. The quantitative estimate of drug-likeness (QED) is 0.914. The molecule has 0 spiro atoms. The summed E-state index contributed by atoms with van der Waals surface area (Å²) in [6.45, 7) is 2.10. The number of methoxy groups -OCH3 is 1. The minimum atomic E-state index is -0.349. The topological polar surface area (TPSA) is 73.2 Å². The predicted molar refractivity (Wildman–Crippen MR) is 85.7 cm³/mol. The van der Waals surface area contributed by atoms with Gasteiger partial charge in [-0.05, 0) is 43.0 Å². The molecule has 1 aliphatic rings. The normalized spacial score (nSPS) is 13.7. The Hall–Kier alpha value is -2.63. The summed E-state index contributed by atoms with van der Waals surface area (Å²) in [5.41, 5.74) is 1.57. The van der Waals surface area contributed by atoms with Gasteiger partial charge in [-0.3, -0.25) is 9.59 Å². The molecule has 0 aromatic carbocycles. The van der Waals surface area contributed by atoms with Crippen molar-refractivity contribution in [3.63, 3.8) is 0 Å². The van der Waals surface area contributed by atoms with Gasteiger partial charge in [0.1, 0.15) is 5.56 Å². The molecule has 6 heteroatoms. The highest BCUT2D eigenvalue weighted by Gasteiger charge is 2.26. The highest BCUT2D eigenvalue weighted by Crippen LogP contribution is 2.33. The number of hydrogen-bond acceptors (Lipinski definition) is 4. The molecule has 1 N–H and O–H groups in total. The molecule has 3 rings (SSSR count). The molecule has 2 aromatic rings. The van der Waals surface area contributed by atoms with Gasteiger partial charge in [-0.15, -0.1) is 0 Å². The Morgan fingerprint density at radius 3 is 2.91 bits per heavy atom. The van der Waals surface area contributed by atoms with Gasteiger partial charge < -0.3 is 14.6 Å². The van der Waals surface area contributed by atoms with Gasteiger partial charge in [-0.25, -0.2) is 4.98 Å². The molecule has 2 heterocycles. The van der Waals surface area contributed by atoms with Crippen molar-refractivity contribution in [1.29, 1.82) is 0 Å². The van der Waals surface area contributed by atoms with Crippen LogP contribution in [0.1, 0.15) is 40.4 Å². The van der Waals surface area contributed by atoms with Gasteiger partial charge in [0.2, 0.25) is 5.88 Å². The lowest BCUT2D eigenvalue weighted by atomic mass is 10.1. The van der Waals surface area contributed by atoms with Crippen molar-refractivity contribution >= 4 is 5.91 Å². The van der Waals surface area contributed by atoms with Crippen molar-refractivity contribution in [2.45, 2.75) is 32.4 Å². The number of carbonyl (C=O) groups excluding carboxylic acids is 1. The second kappa shape index (κ2) is 6.24. The molecule has 1 saturated carbocycles. The van der Waals surface area contributed by atoms with Crippen LogP contribution < -0.4 is 15.6 Å². The number of amides is 1. The van der Waals surface area contributed by atoms with Crippen molar-refractivity contribution in [1.82, 2.24) is 14.9 Å². The number of aryl methyl sites for hydroxylation is 1. The van der Waals surface area contributed by atoms with Crippen molar-refractivity contribution in [2.75, 3.05) is 7.11 Å². The first-order valence-electron chi connectivity index (χ1n) is 7.59. The van der Waals surface area contributed by atoms with Gasteiger partial charge in [0, 0.05) is 31.0 Å². The Morgan fingerprint density at radius 2 is 2.22 bits per heavy atom. The number of aromatic nitrogens is 2. The van der Waals surface area contributed by atoms with Gasteiger partial charge in [0.25, 0.3) is 11.5 Å². The Morgan fingerprint density at radius 1 is 1.43 bits per heavy atom. The molecule has 0 atom stereocenters. The summed E-state index contributed by atoms with van der Waals surface area (Å²) < 4.78 is 6.72. The second-order valence-electron chi connectivity index (χ2n) is 5.71. The average molecular weight is 313 g/mol. The summed E-state index contributed by atoms with van der Waals surface area (Å²) in [7, 11) is 1.54. The molecular formula is C17H19N3O3. The number of nitrogens with zero attached hydrogens (tertiary/aromatic N) is 2. The van der Waals surface area contributed by atoms with Crippen LogP contribution in [0.15, 0.2) is 35.4 Å². The molecule has 1 aliphatic carbocycles. The summed E-state index contributed by atoms with van der Waals surface area (Å²) in [5.74, 6) is 0.141. The van der Waals surface area contributed by atoms with Crippen LogP contribution in [0, 0.1) is 6.92 Å². The maximum absolute atomic E-state index is 12.5. The summed E-state index contributed by atoms with van der Waals surface area (Å²) >= 11 is 0. The number of nitrogens with one attached hydrogen (secondary N) is 1. The SMILES string of the molecule is COc1cc(CNC(=O)c2c(C)ccn(C3CC3)c2=O)ccn1. The first-order valence-corrected chi connectivity index (χ1v) is 7.59. The highest BCUT2D eigenvalue weighted by molar-refractivity contribution is 5.95. The molecule has 0 unspecified atom stereocenters. The Balaban J connectivity index is 1.78. The van der Waals surface area contributed by atoms with E-state index in [1.54, 1.807) is 43.1 Å². The standard InChI is InChI=1S/C17H19N3O3/c1-11-6-8-20(13-3-4-13)17(22)15(11)16(21)19-10-12-5-7-18-14(9-12)23-2/h5-9,13H,3-4,10H2,1-2H3,(H,19,21). The smallest absolute Gasteiger partial charge is 0.263 e. The monoisotopic (exact) mass is 313 g/mol. The van der Waals surface area contributed by atoms with E-state index in [0.29, 0.717) is 18.0 Å². The molecule has 1 fully saturated rings. The zero-order valence-corrected chi connectivity index (χ0v) is 13.2. The van der Waals surface area contributed by atoms with Crippen LogP contribution in [0.3, 0.4) is 0 Å². The van der Waals surface area contributed by atoms with Crippen LogP contribution in [0.25, 0.3) is 0 Å². The van der Waals surface area contributed by atoms with E-state index < -0.39 is 0 Å². The van der Waals surface area contributed by atoms with E-state index in [1.807, 2.05) is 6.07 Å². The van der Waals surface area contributed by atoms with E-state index in [2.05, 4.69) is 10.3 Å². The molecule has 1 amide bonds. The molecular weight excluding hydrogens is 294 g/mol. The summed E-state index contributed by atoms with van der Waals surface area (Å²) in [6, 6.07) is 5.62. The molecule has 120 valence electrons. The van der Waals surface area contributed by atoms with Crippen molar-refractivity contribution < 1.29 is 9.53 Å². The molecule has 0 radical (unpaired) electrons. The highest BCUT2D eigenvalue weighted by atomic mass is 16.5. The predicted octanol–water partition coefficient (Wildman–Crippen LogP) is 1.83. The minimum absolute atomic E-state index is 0.211. The lowest BCUT2D eigenvalue weighted by molar-refractivity contribution is 0.0948. The van der Waals surface area contributed by atoms with Crippen molar-refractivity contribution in [2.24, 2.45) is 0 Å². The zero-order chi connectivity index (χ0) is 16.4. The van der Waals surface area contributed by atoms with Crippen LogP contribution in [-0.2, 0) is 6.54 Å². The Labute approximate surface area is 134 Å². The van der Waals surface area contributed by atoms with E-state index >= 15 is 0 Å². The summed E-state index contributed by atoms with van der Waals surface area (Å²) in [4.78, 5) is 29.0.